The van der Waals surface area contributed by atoms with Gasteiger partial charge < -0.3 is 16.4 Å². The number of allylic oxidation sites excluding steroid dienone is 1. The van der Waals surface area contributed by atoms with Gasteiger partial charge >= 0.3 is 0 Å². The average Bonchev–Trinajstić information content (AvgIpc) is 2.30. The Kier molecular flexibility index (Phi) is 4.53. The molecule has 0 saturated carbocycles. The summed E-state index contributed by atoms with van der Waals surface area (Å²) >= 11 is 5.85. The van der Waals surface area contributed by atoms with Crippen LogP contribution >= 0.6 is 11.6 Å². The van der Waals surface area contributed by atoms with E-state index in [1.54, 1.807) is 20.3 Å². The van der Waals surface area contributed by atoms with Crippen molar-refractivity contribution in [3.63, 3.8) is 0 Å². The SMILES string of the molecule is CN=CC(=CN)Nc1ncc(Cl)c(NC)n1. The van der Waals surface area contributed by atoms with Crippen LogP contribution in [0, 0.1) is 0 Å². The third kappa shape index (κ3) is 3.09. The fraction of sp³-hybridized carbons (Fsp3) is 0.222. The zero-order valence-corrected chi connectivity index (χ0v) is 9.78. The number of rotatable bonds is 4. The van der Waals surface area contributed by atoms with E-state index in [9.17, 15) is 0 Å². The molecule has 1 aromatic rings. The van der Waals surface area contributed by atoms with E-state index in [4.69, 9.17) is 17.3 Å². The largest absolute Gasteiger partial charge is 0.403 e. The Morgan fingerprint density at radius 3 is 2.94 bits per heavy atom. The van der Waals surface area contributed by atoms with E-state index in [-0.39, 0.29) is 0 Å². The lowest BCUT2D eigenvalue weighted by Gasteiger charge is -2.07. The smallest absolute Gasteiger partial charge is 0.229 e. The van der Waals surface area contributed by atoms with Crippen molar-refractivity contribution in [2.45, 2.75) is 0 Å². The predicted octanol–water partition coefficient (Wildman–Crippen LogP) is 1.08. The molecule has 0 amide bonds. The maximum absolute atomic E-state index is 5.85. The molecule has 0 saturated heterocycles. The minimum absolute atomic E-state index is 0.394. The molecule has 16 heavy (non-hydrogen) atoms. The highest BCUT2D eigenvalue weighted by Crippen LogP contribution is 2.18. The monoisotopic (exact) mass is 240 g/mol. The van der Waals surface area contributed by atoms with Crippen LogP contribution in [0.4, 0.5) is 11.8 Å². The molecule has 0 fully saturated rings. The van der Waals surface area contributed by atoms with E-state index in [2.05, 4.69) is 25.6 Å². The Bertz CT molecular complexity index is 414. The van der Waals surface area contributed by atoms with Crippen molar-refractivity contribution in [3.05, 3.63) is 23.1 Å². The van der Waals surface area contributed by atoms with Gasteiger partial charge in [-0.05, 0) is 0 Å². The molecule has 0 unspecified atom stereocenters. The summed E-state index contributed by atoms with van der Waals surface area (Å²) in [7, 11) is 3.37. The number of hydrogen-bond donors (Lipinski definition) is 3. The number of nitrogens with one attached hydrogen (secondary N) is 2. The Hall–Kier alpha value is -1.82. The molecular formula is C9H13ClN6. The molecule has 0 aliphatic rings. The first-order chi connectivity index (χ1) is 7.71. The molecule has 6 nitrogen and oxygen atoms in total. The lowest BCUT2D eigenvalue weighted by atomic mass is 10.5. The van der Waals surface area contributed by atoms with Crippen LogP contribution in [0.15, 0.2) is 23.1 Å². The fourth-order valence-corrected chi connectivity index (χ4v) is 1.17. The highest BCUT2D eigenvalue weighted by molar-refractivity contribution is 6.32. The Balaban J connectivity index is 2.89. The van der Waals surface area contributed by atoms with Crippen LogP contribution in [0.3, 0.4) is 0 Å². The van der Waals surface area contributed by atoms with Crippen LogP contribution in [0.1, 0.15) is 0 Å². The van der Waals surface area contributed by atoms with Crippen molar-refractivity contribution in [1.82, 2.24) is 9.97 Å². The van der Waals surface area contributed by atoms with E-state index in [1.807, 2.05) is 0 Å². The first-order valence-corrected chi connectivity index (χ1v) is 4.90. The topological polar surface area (TPSA) is 88.2 Å². The maximum atomic E-state index is 5.85. The first-order valence-electron chi connectivity index (χ1n) is 4.52. The fourth-order valence-electron chi connectivity index (χ4n) is 0.988. The standard InChI is InChI=1S/C9H13ClN6/c1-12-4-6(3-11)15-9-14-5-7(10)8(13-2)16-9/h3-5H,11H2,1-2H3,(H2,13,14,15,16). The van der Waals surface area contributed by atoms with Gasteiger partial charge in [-0.25, -0.2) is 4.98 Å². The molecule has 0 aliphatic heterocycles. The molecule has 0 aliphatic carbocycles. The van der Waals surface area contributed by atoms with E-state index >= 15 is 0 Å². The summed E-state index contributed by atoms with van der Waals surface area (Å²) < 4.78 is 0. The summed E-state index contributed by atoms with van der Waals surface area (Å²) in [4.78, 5) is 12.0. The number of hydrogen-bond acceptors (Lipinski definition) is 6. The van der Waals surface area contributed by atoms with Gasteiger partial charge in [0.25, 0.3) is 0 Å². The summed E-state index contributed by atoms with van der Waals surface area (Å²) in [6.45, 7) is 0. The second kappa shape index (κ2) is 5.92. The van der Waals surface area contributed by atoms with E-state index in [0.717, 1.165) is 0 Å². The Morgan fingerprint density at radius 1 is 1.62 bits per heavy atom. The van der Waals surface area contributed by atoms with Crippen LogP contribution < -0.4 is 16.4 Å². The van der Waals surface area contributed by atoms with E-state index in [1.165, 1.54) is 12.4 Å². The first kappa shape index (κ1) is 12.3. The van der Waals surface area contributed by atoms with Crippen molar-refractivity contribution in [2.75, 3.05) is 24.7 Å². The van der Waals surface area contributed by atoms with Crippen LogP contribution in [-0.2, 0) is 0 Å². The molecule has 0 bridgehead atoms. The van der Waals surface area contributed by atoms with Gasteiger partial charge in [0.15, 0.2) is 0 Å². The molecule has 86 valence electrons. The van der Waals surface area contributed by atoms with E-state index in [0.29, 0.717) is 22.5 Å². The van der Waals surface area contributed by atoms with Gasteiger partial charge in [-0.1, -0.05) is 11.6 Å². The molecule has 1 heterocycles. The number of nitrogens with two attached hydrogens (primary N) is 1. The zero-order chi connectivity index (χ0) is 12.0. The molecule has 4 N–H and O–H groups in total. The van der Waals surface area contributed by atoms with Crippen molar-refractivity contribution in [3.8, 4) is 0 Å². The van der Waals surface area contributed by atoms with Gasteiger partial charge in [0.05, 0.1) is 11.9 Å². The van der Waals surface area contributed by atoms with Crippen molar-refractivity contribution in [1.29, 1.82) is 0 Å². The molecule has 0 aromatic carbocycles. The number of nitrogens with zero attached hydrogens (tertiary/aromatic N) is 3. The lowest BCUT2D eigenvalue weighted by molar-refractivity contribution is 1.15. The number of anilines is 2. The normalized spacial score (nSPS) is 11.8. The lowest BCUT2D eigenvalue weighted by Crippen LogP contribution is -2.08. The van der Waals surface area contributed by atoms with Crippen LogP contribution in [0.5, 0.6) is 0 Å². The maximum Gasteiger partial charge on any atom is 0.229 e. The molecule has 1 aromatic heterocycles. The highest BCUT2D eigenvalue weighted by atomic mass is 35.5. The molecule has 0 radical (unpaired) electrons. The van der Waals surface area contributed by atoms with Crippen LogP contribution in [0.2, 0.25) is 5.02 Å². The van der Waals surface area contributed by atoms with Gasteiger partial charge in [-0.3, -0.25) is 4.99 Å². The quantitative estimate of drug-likeness (QED) is 0.686. The van der Waals surface area contributed by atoms with Crippen molar-refractivity contribution < 1.29 is 0 Å². The van der Waals surface area contributed by atoms with E-state index < -0.39 is 0 Å². The molecule has 7 heteroatoms. The molecular weight excluding hydrogens is 228 g/mol. The zero-order valence-electron chi connectivity index (χ0n) is 9.03. The summed E-state index contributed by atoms with van der Waals surface area (Å²) in [5.41, 5.74) is 6.00. The summed E-state index contributed by atoms with van der Waals surface area (Å²) in [5, 5.41) is 6.20. The van der Waals surface area contributed by atoms with Gasteiger partial charge in [0, 0.05) is 26.5 Å². The minimum atomic E-state index is 0.394. The third-order valence-electron chi connectivity index (χ3n) is 1.68. The summed E-state index contributed by atoms with van der Waals surface area (Å²) in [5.74, 6) is 0.939. The third-order valence-corrected chi connectivity index (χ3v) is 1.96. The van der Waals surface area contributed by atoms with Gasteiger partial charge in [0.1, 0.15) is 10.8 Å². The van der Waals surface area contributed by atoms with Gasteiger partial charge in [-0.2, -0.15) is 4.98 Å². The second-order valence-corrected chi connectivity index (χ2v) is 3.18. The van der Waals surface area contributed by atoms with Gasteiger partial charge in [-0.15, -0.1) is 0 Å². The number of halogens is 1. The highest BCUT2D eigenvalue weighted by Gasteiger charge is 2.03. The van der Waals surface area contributed by atoms with Gasteiger partial charge in [0.2, 0.25) is 5.95 Å². The Labute approximate surface area is 98.6 Å². The summed E-state index contributed by atoms with van der Waals surface area (Å²) in [6, 6.07) is 0. The molecule has 1 rings (SSSR count). The summed E-state index contributed by atoms with van der Waals surface area (Å²) in [6.07, 6.45) is 4.45. The van der Waals surface area contributed by atoms with Crippen molar-refractivity contribution >= 4 is 29.6 Å². The molecule has 0 atom stereocenters. The van der Waals surface area contributed by atoms with Crippen LogP contribution in [0.25, 0.3) is 0 Å². The minimum Gasteiger partial charge on any atom is -0.403 e. The number of aromatic nitrogens is 2. The second-order valence-electron chi connectivity index (χ2n) is 2.77. The average molecular weight is 241 g/mol. The van der Waals surface area contributed by atoms with Crippen molar-refractivity contribution in [2.24, 2.45) is 10.7 Å². The molecule has 0 spiro atoms. The Morgan fingerprint density at radius 2 is 2.38 bits per heavy atom. The predicted molar refractivity (Wildman–Crippen MR) is 66.9 cm³/mol. The number of aliphatic imine (C=N–C) groups is 1. The van der Waals surface area contributed by atoms with Crippen LogP contribution in [-0.4, -0.2) is 30.3 Å².